The summed E-state index contributed by atoms with van der Waals surface area (Å²) in [6.45, 7) is -0.0569. The van der Waals surface area contributed by atoms with Gasteiger partial charge in [-0.15, -0.1) is 0 Å². The molecular weight excluding hydrogens is 523 g/mol. The number of methoxy groups -OCH3 is 2. The third kappa shape index (κ3) is 5.88. The van der Waals surface area contributed by atoms with Gasteiger partial charge in [-0.3, -0.25) is 9.10 Å². The summed E-state index contributed by atoms with van der Waals surface area (Å²) in [4.78, 5) is 13.4. The lowest BCUT2D eigenvalue weighted by Gasteiger charge is -2.26. The van der Waals surface area contributed by atoms with Crippen LogP contribution >= 0.6 is 34.8 Å². The van der Waals surface area contributed by atoms with Crippen LogP contribution in [0.5, 0.6) is 11.5 Å². The number of nitrogens with zero attached hydrogens (tertiary/aromatic N) is 1. The summed E-state index contributed by atoms with van der Waals surface area (Å²) in [6.07, 6.45) is 1.05. The lowest BCUT2D eigenvalue weighted by atomic mass is 10.1. The molecule has 0 spiro atoms. The van der Waals surface area contributed by atoms with Crippen LogP contribution in [0.2, 0.25) is 15.1 Å². The minimum Gasteiger partial charge on any atom is -0.493 e. The van der Waals surface area contributed by atoms with Crippen molar-refractivity contribution in [2.75, 3.05) is 30.1 Å². The highest BCUT2D eigenvalue weighted by atomic mass is 35.5. The van der Waals surface area contributed by atoms with E-state index in [9.17, 15) is 13.2 Å². The van der Waals surface area contributed by atoms with Gasteiger partial charge in [0.05, 0.1) is 54.0 Å². The smallest absolute Gasteiger partial charge is 0.258 e. The zero-order valence-electron chi connectivity index (χ0n) is 18.4. The maximum absolute atomic E-state index is 13.4. The zero-order chi connectivity index (χ0) is 25.0. The van der Waals surface area contributed by atoms with Crippen molar-refractivity contribution in [1.82, 2.24) is 0 Å². The van der Waals surface area contributed by atoms with Crippen LogP contribution in [-0.4, -0.2) is 34.8 Å². The number of hydrogen-bond donors (Lipinski definition) is 1. The molecule has 11 heteroatoms. The molecule has 0 aliphatic carbocycles. The molecule has 3 rings (SSSR count). The molecule has 0 atom stereocenters. The second kappa shape index (κ2) is 10.7. The molecule has 0 saturated carbocycles. The molecule has 0 fully saturated rings. The van der Waals surface area contributed by atoms with Crippen LogP contribution in [0.15, 0.2) is 54.6 Å². The summed E-state index contributed by atoms with van der Waals surface area (Å²) >= 11 is 18.4. The Morgan fingerprint density at radius 1 is 0.941 bits per heavy atom. The van der Waals surface area contributed by atoms with E-state index in [1.54, 1.807) is 42.5 Å². The van der Waals surface area contributed by atoms with Crippen molar-refractivity contribution in [3.63, 3.8) is 0 Å². The molecule has 0 aliphatic rings. The number of benzene rings is 3. The van der Waals surface area contributed by atoms with Crippen LogP contribution in [-0.2, 0) is 16.6 Å². The highest BCUT2D eigenvalue weighted by Crippen LogP contribution is 2.38. The van der Waals surface area contributed by atoms with Crippen LogP contribution in [0.1, 0.15) is 15.9 Å². The van der Waals surface area contributed by atoms with E-state index in [-0.39, 0.29) is 45.0 Å². The number of hydrogen-bond acceptors (Lipinski definition) is 5. The maximum Gasteiger partial charge on any atom is 0.258 e. The van der Waals surface area contributed by atoms with E-state index in [0.29, 0.717) is 10.6 Å². The summed E-state index contributed by atoms with van der Waals surface area (Å²) in [5.74, 6) is -0.160. The van der Waals surface area contributed by atoms with E-state index in [4.69, 9.17) is 44.3 Å². The largest absolute Gasteiger partial charge is 0.493 e. The van der Waals surface area contributed by atoms with Gasteiger partial charge in [0.15, 0.2) is 11.5 Å². The molecule has 0 unspecified atom stereocenters. The Labute approximate surface area is 213 Å². The minimum atomic E-state index is -3.84. The molecule has 0 aromatic heterocycles. The van der Waals surface area contributed by atoms with Crippen molar-refractivity contribution in [3.05, 3.63) is 80.8 Å². The van der Waals surface area contributed by atoms with Gasteiger partial charge in [0.1, 0.15) is 0 Å². The fourth-order valence-electron chi connectivity index (χ4n) is 3.19. The number of carbonyl (C=O) groups is 1. The number of rotatable bonds is 8. The van der Waals surface area contributed by atoms with Gasteiger partial charge in [0, 0.05) is 11.1 Å². The lowest BCUT2D eigenvalue weighted by Crippen LogP contribution is -2.31. The van der Waals surface area contributed by atoms with Gasteiger partial charge in [-0.2, -0.15) is 0 Å². The topological polar surface area (TPSA) is 84.9 Å². The highest BCUT2D eigenvalue weighted by molar-refractivity contribution is 7.92. The summed E-state index contributed by atoms with van der Waals surface area (Å²) in [5, 5.41) is 3.63. The number of sulfonamides is 1. The van der Waals surface area contributed by atoms with Crippen LogP contribution in [0.3, 0.4) is 0 Å². The Morgan fingerprint density at radius 2 is 1.50 bits per heavy atom. The predicted molar refractivity (Wildman–Crippen MR) is 136 cm³/mol. The van der Waals surface area contributed by atoms with Crippen LogP contribution in [0.4, 0.5) is 11.4 Å². The summed E-state index contributed by atoms with van der Waals surface area (Å²) in [7, 11) is -1.02. The molecule has 0 saturated heterocycles. The van der Waals surface area contributed by atoms with Gasteiger partial charge in [0.2, 0.25) is 10.0 Å². The summed E-state index contributed by atoms with van der Waals surface area (Å²) in [5.41, 5.74) is 0.939. The SMILES string of the molecule is COc1cc(C(=O)Nc2c(Cl)cccc2Cl)c(N(Cc2ccc(Cl)cc2)S(C)(=O)=O)cc1OC. The van der Waals surface area contributed by atoms with Crippen molar-refractivity contribution >= 4 is 62.1 Å². The molecule has 7 nitrogen and oxygen atoms in total. The number of para-hydroxylation sites is 1. The Hall–Kier alpha value is -2.65. The molecule has 0 bridgehead atoms. The van der Waals surface area contributed by atoms with E-state index in [2.05, 4.69) is 5.32 Å². The number of anilines is 2. The predicted octanol–water partition coefficient (Wildman–Crippen LogP) is 5.88. The van der Waals surface area contributed by atoms with Crippen molar-refractivity contribution < 1.29 is 22.7 Å². The van der Waals surface area contributed by atoms with Gasteiger partial charge >= 0.3 is 0 Å². The first-order valence-corrected chi connectivity index (χ1v) is 12.8. The third-order valence-corrected chi connectivity index (χ3v) is 6.86. The number of carbonyl (C=O) groups excluding carboxylic acids is 1. The molecule has 0 aliphatic heterocycles. The number of ether oxygens (including phenoxy) is 2. The van der Waals surface area contributed by atoms with E-state index >= 15 is 0 Å². The number of nitrogens with one attached hydrogen (secondary N) is 1. The standard InChI is InChI=1S/C23H21Cl3N2O5S/c1-32-20-11-16(23(29)27-22-17(25)5-4-6-18(22)26)19(12-21(20)33-2)28(34(3,30)31)13-14-7-9-15(24)10-8-14/h4-12H,13H2,1-3H3,(H,27,29). The highest BCUT2D eigenvalue weighted by Gasteiger charge is 2.27. The first kappa shape index (κ1) is 26.0. The average Bonchev–Trinajstić information content (AvgIpc) is 2.79. The van der Waals surface area contributed by atoms with Crippen LogP contribution < -0.4 is 19.1 Å². The van der Waals surface area contributed by atoms with Gasteiger partial charge in [-0.05, 0) is 35.9 Å². The average molecular weight is 544 g/mol. The normalized spacial score (nSPS) is 11.1. The molecule has 0 heterocycles. The summed E-state index contributed by atoms with van der Waals surface area (Å²) in [6, 6.07) is 14.3. The fourth-order valence-corrected chi connectivity index (χ4v) is 4.70. The first-order valence-electron chi connectivity index (χ1n) is 9.78. The second-order valence-electron chi connectivity index (χ2n) is 7.17. The Morgan fingerprint density at radius 3 is 2.03 bits per heavy atom. The molecule has 1 amide bonds. The summed E-state index contributed by atoms with van der Waals surface area (Å²) < 4.78 is 37.5. The fraction of sp³-hybridized carbons (Fsp3) is 0.174. The molecular formula is C23H21Cl3N2O5S. The first-order chi connectivity index (χ1) is 16.0. The van der Waals surface area contributed by atoms with Crippen molar-refractivity contribution in [2.24, 2.45) is 0 Å². The molecule has 3 aromatic rings. The van der Waals surface area contributed by atoms with Crippen molar-refractivity contribution in [1.29, 1.82) is 0 Å². The second-order valence-corrected chi connectivity index (χ2v) is 10.3. The van der Waals surface area contributed by atoms with Crippen LogP contribution in [0.25, 0.3) is 0 Å². The minimum absolute atomic E-state index is 0.00743. The van der Waals surface area contributed by atoms with Gasteiger partial charge in [-0.1, -0.05) is 53.0 Å². The number of amides is 1. The molecule has 1 N–H and O–H groups in total. The Kier molecular flexibility index (Phi) is 8.20. The quantitative estimate of drug-likeness (QED) is 0.383. The maximum atomic E-state index is 13.4. The molecule has 0 radical (unpaired) electrons. The van der Waals surface area contributed by atoms with Crippen molar-refractivity contribution in [2.45, 2.75) is 6.54 Å². The molecule has 34 heavy (non-hydrogen) atoms. The molecule has 180 valence electrons. The van der Waals surface area contributed by atoms with E-state index in [0.717, 1.165) is 10.6 Å². The van der Waals surface area contributed by atoms with E-state index in [1.807, 2.05) is 0 Å². The zero-order valence-corrected chi connectivity index (χ0v) is 21.5. The van der Waals surface area contributed by atoms with E-state index in [1.165, 1.54) is 26.4 Å². The Bertz CT molecular complexity index is 1290. The third-order valence-electron chi connectivity index (χ3n) is 4.86. The number of halogens is 3. The molecule has 3 aromatic carbocycles. The van der Waals surface area contributed by atoms with Gasteiger partial charge < -0.3 is 14.8 Å². The van der Waals surface area contributed by atoms with Crippen molar-refractivity contribution in [3.8, 4) is 11.5 Å². The van der Waals surface area contributed by atoms with Gasteiger partial charge in [-0.25, -0.2) is 8.42 Å². The Balaban J connectivity index is 2.16. The van der Waals surface area contributed by atoms with E-state index < -0.39 is 15.9 Å². The van der Waals surface area contributed by atoms with Crippen LogP contribution in [0, 0.1) is 0 Å². The monoisotopic (exact) mass is 542 g/mol. The van der Waals surface area contributed by atoms with Gasteiger partial charge in [0.25, 0.3) is 5.91 Å². The lowest BCUT2D eigenvalue weighted by molar-refractivity contribution is 0.102.